The van der Waals surface area contributed by atoms with Gasteiger partial charge in [0.15, 0.2) is 0 Å². The Morgan fingerprint density at radius 2 is 1.89 bits per heavy atom. The first-order valence-electron chi connectivity index (χ1n) is 13.5. The summed E-state index contributed by atoms with van der Waals surface area (Å²) in [5.41, 5.74) is 1.83. The fraction of sp³-hybridized carbons (Fsp3) is 0.438. The Morgan fingerprint density at radius 3 is 2.58 bits per heavy atom. The van der Waals surface area contributed by atoms with Gasteiger partial charge in [-0.1, -0.05) is 31.0 Å². The van der Waals surface area contributed by atoms with Gasteiger partial charge < -0.3 is 14.4 Å². The number of hydrogen-bond acceptors (Lipinski definition) is 4. The lowest BCUT2D eigenvalue weighted by Gasteiger charge is -2.42. The van der Waals surface area contributed by atoms with Gasteiger partial charge in [-0.3, -0.25) is 0 Å². The summed E-state index contributed by atoms with van der Waals surface area (Å²) in [6.45, 7) is 3.40. The maximum atomic E-state index is 14.9. The van der Waals surface area contributed by atoms with E-state index in [1.807, 2.05) is 48.1 Å². The summed E-state index contributed by atoms with van der Waals surface area (Å²) < 4.78 is 23.2. The smallest absolute Gasteiger partial charge is 0.338 e. The predicted octanol–water partition coefficient (Wildman–Crippen LogP) is 6.98. The minimum absolute atomic E-state index is 0.110. The van der Waals surface area contributed by atoms with Crippen LogP contribution in [-0.2, 0) is 34.8 Å². The lowest BCUT2D eigenvalue weighted by Crippen LogP contribution is -2.46. The number of fused-ring (bicyclic) bond motifs is 1. The molecule has 5 rings (SSSR count). The summed E-state index contributed by atoms with van der Waals surface area (Å²) >= 11 is 0. The Balaban J connectivity index is 1.38. The van der Waals surface area contributed by atoms with E-state index < -0.39 is 22.8 Å². The third-order valence-corrected chi connectivity index (χ3v) is 8.61. The average molecular weight is 515 g/mol. The Hall–Kier alpha value is -3.59. The summed E-state index contributed by atoms with van der Waals surface area (Å²) in [5.74, 6) is -0.577. The van der Waals surface area contributed by atoms with Crippen molar-refractivity contribution < 1.29 is 19.0 Å². The lowest BCUT2D eigenvalue weighted by molar-refractivity contribution is -0.167. The van der Waals surface area contributed by atoms with Gasteiger partial charge in [-0.25, -0.2) is 9.18 Å². The van der Waals surface area contributed by atoms with Gasteiger partial charge in [-0.15, -0.1) is 0 Å². The number of benzene rings is 2. The van der Waals surface area contributed by atoms with Gasteiger partial charge in [0, 0.05) is 37.2 Å². The molecule has 1 atom stereocenters. The molecule has 2 heterocycles. The van der Waals surface area contributed by atoms with Crippen LogP contribution in [0, 0.1) is 23.1 Å². The number of carbonyl (C=O) groups excluding carboxylic acids is 1. The van der Waals surface area contributed by atoms with E-state index in [1.165, 1.54) is 6.07 Å². The van der Waals surface area contributed by atoms with Crippen molar-refractivity contribution in [2.75, 3.05) is 0 Å². The first-order valence-corrected chi connectivity index (χ1v) is 13.5. The third kappa shape index (κ3) is 4.82. The van der Waals surface area contributed by atoms with Crippen LogP contribution in [0.25, 0.3) is 10.9 Å². The van der Waals surface area contributed by atoms with Crippen LogP contribution in [-0.4, -0.2) is 21.2 Å². The van der Waals surface area contributed by atoms with E-state index >= 15 is 0 Å². The predicted molar refractivity (Wildman–Crippen MR) is 145 cm³/mol. The molecule has 0 spiro atoms. The maximum absolute atomic E-state index is 14.9. The monoisotopic (exact) mass is 514 g/mol. The number of halogens is 1. The topological polar surface area (TPSA) is 75.2 Å². The van der Waals surface area contributed by atoms with Crippen molar-refractivity contribution in [1.29, 1.82) is 5.26 Å². The molecule has 1 aliphatic heterocycles. The number of cyclic esters (lactones) is 1. The number of aromatic nitrogens is 1. The number of esters is 1. The summed E-state index contributed by atoms with van der Waals surface area (Å²) in [5, 5.41) is 21.7. The standard InChI is InChI=1S/C32H35FN2O3/c1-31(2,20-34)26-10-8-21(18-27(26)33)12-14-32(24-6-4-5-7-24)19-29(36)25(30(37)38-32)17-22-9-11-28-23(16-22)13-15-35(28)3/h8-11,13,15-16,18,24,36H,4-7,12,14,17,19H2,1-3H3. The van der Waals surface area contributed by atoms with Crippen molar-refractivity contribution >= 4 is 16.9 Å². The molecule has 1 unspecified atom stereocenters. The second-order valence-corrected chi connectivity index (χ2v) is 11.6. The van der Waals surface area contributed by atoms with Gasteiger partial charge in [0.1, 0.15) is 17.2 Å². The largest absolute Gasteiger partial charge is 0.512 e. The maximum Gasteiger partial charge on any atom is 0.338 e. The quantitative estimate of drug-likeness (QED) is 0.345. The van der Waals surface area contributed by atoms with Crippen molar-refractivity contribution in [3.8, 4) is 6.07 Å². The number of nitriles is 1. The van der Waals surface area contributed by atoms with Crippen molar-refractivity contribution in [1.82, 2.24) is 4.57 Å². The van der Waals surface area contributed by atoms with E-state index in [0.717, 1.165) is 47.7 Å². The van der Waals surface area contributed by atoms with Crippen LogP contribution >= 0.6 is 0 Å². The minimum Gasteiger partial charge on any atom is -0.512 e. The van der Waals surface area contributed by atoms with Crippen molar-refractivity contribution in [2.24, 2.45) is 13.0 Å². The Morgan fingerprint density at radius 1 is 1.16 bits per heavy atom. The second kappa shape index (κ2) is 9.94. The van der Waals surface area contributed by atoms with Gasteiger partial charge in [0.05, 0.1) is 17.1 Å². The van der Waals surface area contributed by atoms with Gasteiger partial charge in [-0.05, 0) is 86.2 Å². The van der Waals surface area contributed by atoms with Crippen LogP contribution in [0.1, 0.15) is 69.1 Å². The molecule has 0 radical (unpaired) electrons. The molecule has 2 aliphatic rings. The molecule has 0 bridgehead atoms. The number of aryl methyl sites for hydroxylation is 2. The van der Waals surface area contributed by atoms with Crippen molar-refractivity contribution in [3.63, 3.8) is 0 Å². The molecule has 3 aromatic rings. The second-order valence-electron chi connectivity index (χ2n) is 11.6. The molecule has 2 aromatic carbocycles. The van der Waals surface area contributed by atoms with Crippen molar-refractivity contribution in [2.45, 2.75) is 76.2 Å². The summed E-state index contributed by atoms with van der Waals surface area (Å²) in [4.78, 5) is 13.4. The molecule has 1 fully saturated rings. The highest BCUT2D eigenvalue weighted by Gasteiger charge is 2.48. The van der Waals surface area contributed by atoms with E-state index in [4.69, 9.17) is 4.74 Å². The molecule has 38 heavy (non-hydrogen) atoms. The number of ether oxygens (including phenoxy) is 1. The molecular formula is C32H35FN2O3. The third-order valence-electron chi connectivity index (χ3n) is 8.61. The fourth-order valence-corrected chi connectivity index (χ4v) is 6.27. The van der Waals surface area contributed by atoms with E-state index in [1.54, 1.807) is 19.9 Å². The number of rotatable bonds is 7. The molecule has 5 nitrogen and oxygen atoms in total. The molecule has 1 aromatic heterocycles. The van der Waals surface area contributed by atoms with Gasteiger partial charge >= 0.3 is 5.97 Å². The van der Waals surface area contributed by atoms with Gasteiger partial charge in [-0.2, -0.15) is 5.26 Å². The Kier molecular flexibility index (Phi) is 6.81. The molecule has 1 aliphatic carbocycles. The number of nitrogens with zero attached hydrogens (tertiary/aromatic N) is 2. The SMILES string of the molecule is Cn1ccc2cc(CC3=C(O)CC(CCc4ccc(C(C)(C)C#N)c(F)c4)(C4CCCC4)OC3=O)ccc21. The van der Waals surface area contributed by atoms with E-state index in [2.05, 4.69) is 6.07 Å². The minimum atomic E-state index is -0.912. The normalized spacial score (nSPS) is 20.7. The zero-order valence-corrected chi connectivity index (χ0v) is 22.4. The highest BCUT2D eigenvalue weighted by molar-refractivity contribution is 5.91. The van der Waals surface area contributed by atoms with E-state index in [-0.39, 0.29) is 18.1 Å². The number of hydrogen-bond donors (Lipinski definition) is 1. The number of carbonyl (C=O) groups is 1. The molecule has 1 N–H and O–H groups in total. The Bertz CT molecular complexity index is 1460. The highest BCUT2D eigenvalue weighted by Crippen LogP contribution is 2.46. The molecule has 1 saturated carbocycles. The van der Waals surface area contributed by atoms with E-state index in [0.29, 0.717) is 30.4 Å². The molecule has 198 valence electrons. The summed E-state index contributed by atoms with van der Waals surface area (Å²) in [7, 11) is 1.99. The summed E-state index contributed by atoms with van der Waals surface area (Å²) in [6, 6.07) is 15.3. The molecule has 6 heteroatoms. The zero-order valence-electron chi connectivity index (χ0n) is 22.4. The van der Waals surface area contributed by atoms with E-state index in [9.17, 15) is 19.6 Å². The zero-order chi connectivity index (χ0) is 27.1. The first-order chi connectivity index (χ1) is 18.1. The number of aliphatic hydroxyl groups is 1. The first kappa shape index (κ1) is 26.0. The molecule has 0 saturated heterocycles. The number of aliphatic hydroxyl groups excluding tert-OH is 1. The molecular weight excluding hydrogens is 479 g/mol. The average Bonchev–Trinajstić information content (AvgIpc) is 3.56. The van der Waals surface area contributed by atoms with Crippen LogP contribution in [0.15, 0.2) is 60.0 Å². The summed E-state index contributed by atoms with van der Waals surface area (Å²) in [6.07, 6.45) is 7.68. The van der Waals surface area contributed by atoms with Crippen LogP contribution in [0.2, 0.25) is 0 Å². The fourth-order valence-electron chi connectivity index (χ4n) is 6.27. The van der Waals surface area contributed by atoms with Crippen LogP contribution < -0.4 is 0 Å². The highest BCUT2D eigenvalue weighted by atomic mass is 19.1. The molecule has 0 amide bonds. The van der Waals surface area contributed by atoms with Crippen LogP contribution in [0.3, 0.4) is 0 Å². The Labute approximate surface area is 223 Å². The lowest BCUT2D eigenvalue weighted by atomic mass is 9.76. The van der Waals surface area contributed by atoms with Gasteiger partial charge in [0.25, 0.3) is 0 Å². The van der Waals surface area contributed by atoms with Crippen LogP contribution in [0.4, 0.5) is 4.39 Å². The van der Waals surface area contributed by atoms with Crippen LogP contribution in [0.5, 0.6) is 0 Å². The van der Waals surface area contributed by atoms with Crippen molar-refractivity contribution in [3.05, 3.63) is 82.5 Å². The van der Waals surface area contributed by atoms with Gasteiger partial charge in [0.2, 0.25) is 0 Å².